The number of thiocarbonyl (C=S) groups is 1. The number of halogens is 1. The van der Waals surface area contributed by atoms with Crippen LogP contribution >= 0.6 is 23.8 Å². The molecule has 0 spiro atoms. The molecule has 7 heteroatoms. The van der Waals surface area contributed by atoms with E-state index in [9.17, 15) is 9.59 Å². The number of rotatable bonds is 5. The second-order valence-corrected chi connectivity index (χ2v) is 6.08. The smallest absolute Gasteiger partial charge is 0.253 e. The van der Waals surface area contributed by atoms with E-state index in [1.54, 1.807) is 54.6 Å². The SMILES string of the molecule is CCNC(=O)c1ccccc1NC(=S)NC(=O)/C=C/c1ccc(Cl)cc1. The Bertz CT molecular complexity index is 835. The maximum atomic E-state index is 12.1. The molecule has 0 radical (unpaired) electrons. The van der Waals surface area contributed by atoms with E-state index in [2.05, 4.69) is 16.0 Å². The van der Waals surface area contributed by atoms with Crippen LogP contribution in [0.1, 0.15) is 22.8 Å². The Morgan fingerprint density at radius 2 is 1.81 bits per heavy atom. The van der Waals surface area contributed by atoms with Gasteiger partial charge in [0.25, 0.3) is 5.91 Å². The molecule has 0 bridgehead atoms. The molecule has 0 aliphatic rings. The van der Waals surface area contributed by atoms with Gasteiger partial charge in [-0.15, -0.1) is 0 Å². The molecule has 0 fully saturated rings. The molecule has 2 rings (SSSR count). The Labute approximate surface area is 162 Å². The molecule has 0 saturated carbocycles. The summed E-state index contributed by atoms with van der Waals surface area (Å²) in [7, 11) is 0. The molecule has 0 unspecified atom stereocenters. The van der Waals surface area contributed by atoms with Crippen LogP contribution in [0.4, 0.5) is 5.69 Å². The second-order valence-electron chi connectivity index (χ2n) is 5.23. The maximum absolute atomic E-state index is 12.1. The highest BCUT2D eigenvalue weighted by molar-refractivity contribution is 7.80. The van der Waals surface area contributed by atoms with E-state index < -0.39 is 0 Å². The van der Waals surface area contributed by atoms with Crippen molar-refractivity contribution in [2.75, 3.05) is 11.9 Å². The summed E-state index contributed by atoms with van der Waals surface area (Å²) in [6.45, 7) is 2.36. The summed E-state index contributed by atoms with van der Waals surface area (Å²) in [5.74, 6) is -0.597. The molecule has 0 atom stereocenters. The number of benzene rings is 2. The summed E-state index contributed by atoms with van der Waals surface area (Å²) < 4.78 is 0. The minimum absolute atomic E-state index is 0.104. The molecule has 134 valence electrons. The Morgan fingerprint density at radius 1 is 1.12 bits per heavy atom. The zero-order valence-electron chi connectivity index (χ0n) is 14.1. The van der Waals surface area contributed by atoms with Gasteiger partial charge < -0.3 is 10.6 Å². The molecule has 0 aliphatic heterocycles. The maximum Gasteiger partial charge on any atom is 0.253 e. The third kappa shape index (κ3) is 5.98. The molecule has 2 aromatic rings. The summed E-state index contributed by atoms with van der Waals surface area (Å²) >= 11 is 11.0. The quantitative estimate of drug-likeness (QED) is 0.541. The molecule has 0 aromatic heterocycles. The molecular formula is C19H18ClN3O2S. The summed E-state index contributed by atoms with van der Waals surface area (Å²) in [4.78, 5) is 24.0. The van der Waals surface area contributed by atoms with Gasteiger partial charge in [-0.05, 0) is 55.0 Å². The Balaban J connectivity index is 1.97. The lowest BCUT2D eigenvalue weighted by molar-refractivity contribution is -0.115. The van der Waals surface area contributed by atoms with E-state index >= 15 is 0 Å². The fourth-order valence-corrected chi connectivity index (χ4v) is 2.44. The van der Waals surface area contributed by atoms with Gasteiger partial charge in [0.15, 0.2) is 5.11 Å². The topological polar surface area (TPSA) is 70.2 Å². The third-order valence-electron chi connectivity index (χ3n) is 3.29. The van der Waals surface area contributed by atoms with E-state index in [1.807, 2.05) is 6.92 Å². The van der Waals surface area contributed by atoms with Crippen LogP contribution in [-0.4, -0.2) is 23.5 Å². The van der Waals surface area contributed by atoms with Crippen molar-refractivity contribution in [1.82, 2.24) is 10.6 Å². The molecule has 0 heterocycles. The first-order valence-corrected chi connectivity index (χ1v) is 8.71. The number of carbonyl (C=O) groups is 2. The minimum Gasteiger partial charge on any atom is -0.352 e. The molecule has 26 heavy (non-hydrogen) atoms. The van der Waals surface area contributed by atoms with E-state index in [0.29, 0.717) is 22.8 Å². The van der Waals surface area contributed by atoms with Gasteiger partial charge in [0.2, 0.25) is 5.91 Å². The summed E-state index contributed by atoms with van der Waals surface area (Å²) in [5.41, 5.74) is 1.80. The predicted molar refractivity (Wildman–Crippen MR) is 109 cm³/mol. The van der Waals surface area contributed by atoms with E-state index in [4.69, 9.17) is 23.8 Å². The number of hydrogen-bond donors (Lipinski definition) is 3. The van der Waals surface area contributed by atoms with Gasteiger partial charge in [-0.3, -0.25) is 14.9 Å². The molecule has 0 aliphatic carbocycles. The minimum atomic E-state index is -0.382. The average molecular weight is 388 g/mol. The van der Waals surface area contributed by atoms with E-state index in [1.165, 1.54) is 6.08 Å². The van der Waals surface area contributed by atoms with Gasteiger partial charge in [0.05, 0.1) is 11.3 Å². The highest BCUT2D eigenvalue weighted by atomic mass is 35.5. The van der Waals surface area contributed by atoms with Crippen molar-refractivity contribution in [3.63, 3.8) is 0 Å². The molecule has 0 saturated heterocycles. The molecule has 2 aromatic carbocycles. The van der Waals surface area contributed by atoms with E-state index in [-0.39, 0.29) is 16.9 Å². The van der Waals surface area contributed by atoms with Crippen LogP contribution < -0.4 is 16.0 Å². The van der Waals surface area contributed by atoms with E-state index in [0.717, 1.165) is 5.56 Å². The van der Waals surface area contributed by atoms with Crippen LogP contribution in [0.15, 0.2) is 54.6 Å². The van der Waals surface area contributed by atoms with Gasteiger partial charge in [0.1, 0.15) is 0 Å². The van der Waals surface area contributed by atoms with Gasteiger partial charge in [0, 0.05) is 17.6 Å². The van der Waals surface area contributed by atoms with Crippen LogP contribution in [0.25, 0.3) is 6.08 Å². The Morgan fingerprint density at radius 3 is 2.50 bits per heavy atom. The lowest BCUT2D eigenvalue weighted by atomic mass is 10.1. The van der Waals surface area contributed by atoms with Crippen molar-refractivity contribution in [2.24, 2.45) is 0 Å². The number of hydrogen-bond acceptors (Lipinski definition) is 3. The number of amides is 2. The van der Waals surface area contributed by atoms with Crippen LogP contribution in [0.3, 0.4) is 0 Å². The fourth-order valence-electron chi connectivity index (χ4n) is 2.10. The highest BCUT2D eigenvalue weighted by Crippen LogP contribution is 2.15. The molecular weight excluding hydrogens is 370 g/mol. The van der Waals surface area contributed by atoms with Crippen molar-refractivity contribution in [3.8, 4) is 0 Å². The number of nitrogens with one attached hydrogen (secondary N) is 3. The zero-order valence-corrected chi connectivity index (χ0v) is 15.7. The van der Waals surface area contributed by atoms with Gasteiger partial charge in [-0.2, -0.15) is 0 Å². The van der Waals surface area contributed by atoms with Crippen LogP contribution in [0.2, 0.25) is 5.02 Å². The summed E-state index contributed by atoms with van der Waals surface area (Å²) in [5, 5.41) is 8.88. The first kappa shape index (κ1) is 19.6. The second kappa shape index (κ2) is 9.70. The number of anilines is 1. The Hall–Kier alpha value is -2.70. The van der Waals surface area contributed by atoms with Crippen molar-refractivity contribution < 1.29 is 9.59 Å². The standard InChI is InChI=1S/C19H18ClN3O2S/c1-2-21-18(25)15-5-3-4-6-16(15)22-19(26)23-17(24)12-9-13-7-10-14(20)11-8-13/h3-12H,2H2,1H3,(H,21,25)(H2,22,23,24,26)/b12-9+. The first-order chi connectivity index (χ1) is 12.5. The third-order valence-corrected chi connectivity index (χ3v) is 3.75. The van der Waals surface area contributed by atoms with Crippen molar-refractivity contribution in [3.05, 3.63) is 70.8 Å². The predicted octanol–water partition coefficient (Wildman–Crippen LogP) is 3.62. The summed E-state index contributed by atoms with van der Waals surface area (Å²) in [6.07, 6.45) is 3.02. The largest absolute Gasteiger partial charge is 0.352 e. The van der Waals surface area contributed by atoms with Gasteiger partial charge >= 0.3 is 0 Å². The van der Waals surface area contributed by atoms with Crippen molar-refractivity contribution in [2.45, 2.75) is 6.92 Å². The first-order valence-electron chi connectivity index (χ1n) is 7.92. The van der Waals surface area contributed by atoms with Crippen LogP contribution in [0.5, 0.6) is 0 Å². The highest BCUT2D eigenvalue weighted by Gasteiger charge is 2.11. The number of carbonyl (C=O) groups excluding carboxylic acids is 2. The lowest BCUT2D eigenvalue weighted by Crippen LogP contribution is -2.34. The molecule has 2 amide bonds. The number of para-hydroxylation sites is 1. The lowest BCUT2D eigenvalue weighted by Gasteiger charge is -2.12. The van der Waals surface area contributed by atoms with Crippen LogP contribution in [-0.2, 0) is 4.79 Å². The molecule has 3 N–H and O–H groups in total. The monoisotopic (exact) mass is 387 g/mol. The Kier molecular flexibility index (Phi) is 7.32. The van der Waals surface area contributed by atoms with Gasteiger partial charge in [-0.1, -0.05) is 35.9 Å². The van der Waals surface area contributed by atoms with Crippen molar-refractivity contribution in [1.29, 1.82) is 0 Å². The fraction of sp³-hybridized carbons (Fsp3) is 0.105. The zero-order chi connectivity index (χ0) is 18.9. The summed E-state index contributed by atoms with van der Waals surface area (Å²) in [6, 6.07) is 14.0. The molecule has 5 nitrogen and oxygen atoms in total. The average Bonchev–Trinajstić information content (AvgIpc) is 2.62. The van der Waals surface area contributed by atoms with Gasteiger partial charge in [-0.25, -0.2) is 0 Å². The normalized spacial score (nSPS) is 10.4. The van der Waals surface area contributed by atoms with Crippen LogP contribution in [0, 0.1) is 0 Å². The van der Waals surface area contributed by atoms with Crippen molar-refractivity contribution >= 4 is 52.5 Å².